The van der Waals surface area contributed by atoms with Gasteiger partial charge < -0.3 is 9.62 Å². The number of hydrogen-bond donors (Lipinski definition) is 0. The molecule has 134 valence electrons. The Morgan fingerprint density at radius 1 is 0.643 bits per heavy atom. The van der Waals surface area contributed by atoms with Gasteiger partial charge in [-0.2, -0.15) is 0 Å². The Hall–Kier alpha value is -2.42. The number of fused-ring (bicyclic) bond motifs is 3. The zero-order valence-electron chi connectivity index (χ0n) is 14.5. The normalized spacial score (nSPS) is 13.7. The van der Waals surface area contributed by atoms with Crippen LogP contribution >= 0.6 is 38.4 Å². The maximum Gasteiger partial charge on any atom is 0.468 e. The molecule has 0 fully saturated rings. The van der Waals surface area contributed by atoms with E-state index in [4.69, 9.17) is 9.97 Å². The lowest BCUT2D eigenvalue weighted by atomic mass is 10.1. The van der Waals surface area contributed by atoms with Gasteiger partial charge in [-0.25, -0.2) is 9.97 Å². The molecule has 5 aromatic rings. The van der Waals surface area contributed by atoms with Gasteiger partial charge in [0.2, 0.25) is 0 Å². The molecule has 0 aliphatic carbocycles. The third-order valence-corrected chi connectivity index (χ3v) is 7.69. The molecule has 2 aromatic heterocycles. The molecule has 3 aromatic carbocycles. The van der Waals surface area contributed by atoms with Crippen molar-refractivity contribution < 1.29 is 0 Å². The third kappa shape index (κ3) is 2.41. The Bertz CT molecular complexity index is 1170. The Balaban J connectivity index is 1.52. The van der Waals surface area contributed by atoms with Gasteiger partial charge in [-0.15, -0.1) is 0 Å². The number of benzene rings is 3. The summed E-state index contributed by atoms with van der Waals surface area (Å²) in [5, 5.41) is 1.94. The molecule has 0 amide bonds. The van der Waals surface area contributed by atoms with Gasteiger partial charge in [0.15, 0.2) is 10.3 Å². The predicted molar refractivity (Wildman–Crippen MR) is 125 cm³/mol. The molecule has 0 saturated carbocycles. The molecule has 0 N–H and O–H groups in total. The van der Waals surface area contributed by atoms with Crippen LogP contribution in [0.15, 0.2) is 72.8 Å². The van der Waals surface area contributed by atoms with Crippen molar-refractivity contribution in [2.24, 2.45) is 0 Å². The van der Waals surface area contributed by atoms with Crippen molar-refractivity contribution in [3.63, 3.8) is 0 Å². The van der Waals surface area contributed by atoms with Crippen LogP contribution in [0.5, 0.6) is 0 Å². The molecule has 0 radical (unpaired) electrons. The van der Waals surface area contributed by atoms with Crippen LogP contribution in [0.25, 0.3) is 20.4 Å². The summed E-state index contributed by atoms with van der Waals surface area (Å²) in [6.07, 6.45) is 0. The molecule has 0 bridgehead atoms. The van der Waals surface area contributed by atoms with E-state index in [1.807, 2.05) is 12.1 Å². The minimum Gasteiger partial charge on any atom is -0.330 e. The molecule has 0 atom stereocenters. The smallest absolute Gasteiger partial charge is 0.330 e. The number of thiazole rings is 2. The highest BCUT2D eigenvalue weighted by molar-refractivity contribution is 9.24. The molecule has 4 nitrogen and oxygen atoms in total. The predicted octanol–water partition coefficient (Wildman–Crippen LogP) is 6.58. The number of halogens is 1. The standard InChI is InChI=1S/C20H12BBrN4S2/c22-21-25(19-23-13-7-1-5-11-17(13)27-19)15-9-3-4-10-16(15)26(21)20-24-14-8-2-6-12-18(14)28-20/h1-12H. The molecular formula is C20H12BBrN4S2. The van der Waals surface area contributed by atoms with E-state index in [0.29, 0.717) is 0 Å². The van der Waals surface area contributed by atoms with E-state index in [9.17, 15) is 0 Å². The first-order valence-electron chi connectivity index (χ1n) is 8.82. The topological polar surface area (TPSA) is 32.3 Å². The summed E-state index contributed by atoms with van der Waals surface area (Å²) in [5.74, 6) is -0.0916. The second-order valence-electron chi connectivity index (χ2n) is 6.47. The summed E-state index contributed by atoms with van der Waals surface area (Å²) in [6, 6.07) is 25.0. The Morgan fingerprint density at radius 2 is 1.07 bits per heavy atom. The lowest BCUT2D eigenvalue weighted by molar-refractivity contribution is 1.35. The van der Waals surface area contributed by atoms with Crippen LogP contribution in [0.4, 0.5) is 21.6 Å². The highest BCUT2D eigenvalue weighted by Gasteiger charge is 2.43. The molecule has 0 unspecified atom stereocenters. The van der Waals surface area contributed by atoms with Gasteiger partial charge in [0.25, 0.3) is 0 Å². The molecule has 28 heavy (non-hydrogen) atoms. The zero-order chi connectivity index (χ0) is 18.7. The molecular weight excluding hydrogens is 451 g/mol. The summed E-state index contributed by atoms with van der Waals surface area (Å²) < 4.78 is 2.38. The third-order valence-electron chi connectivity index (χ3n) is 4.80. The number of hydrogen-bond acceptors (Lipinski definition) is 6. The van der Waals surface area contributed by atoms with Gasteiger partial charge in [-0.1, -0.05) is 74.8 Å². The van der Waals surface area contributed by atoms with Crippen molar-refractivity contribution in [2.45, 2.75) is 0 Å². The van der Waals surface area contributed by atoms with Gasteiger partial charge in [0, 0.05) is 0 Å². The first-order valence-corrected chi connectivity index (χ1v) is 11.4. The van der Waals surface area contributed by atoms with Crippen LogP contribution < -0.4 is 9.62 Å². The number of para-hydroxylation sites is 4. The van der Waals surface area contributed by atoms with E-state index in [0.717, 1.165) is 32.7 Å². The fraction of sp³-hybridized carbons (Fsp3) is 0. The Morgan fingerprint density at radius 3 is 1.54 bits per heavy atom. The van der Waals surface area contributed by atoms with Crippen LogP contribution in [-0.2, 0) is 0 Å². The summed E-state index contributed by atoms with van der Waals surface area (Å²) in [5.41, 5.74) is 4.31. The monoisotopic (exact) mass is 462 g/mol. The summed E-state index contributed by atoms with van der Waals surface area (Å²) in [7, 11) is 0. The molecule has 0 saturated heterocycles. The van der Waals surface area contributed by atoms with Crippen molar-refractivity contribution in [1.29, 1.82) is 0 Å². The molecule has 1 aliphatic rings. The first-order chi connectivity index (χ1) is 13.8. The van der Waals surface area contributed by atoms with Gasteiger partial charge in [-0.3, -0.25) is 0 Å². The lowest BCUT2D eigenvalue weighted by Gasteiger charge is -2.21. The highest BCUT2D eigenvalue weighted by atomic mass is 79.9. The minimum atomic E-state index is -0.0916. The Labute approximate surface area is 178 Å². The van der Waals surface area contributed by atoms with Gasteiger partial charge in [0.1, 0.15) is 0 Å². The fourth-order valence-corrected chi connectivity index (χ4v) is 6.64. The second kappa shape index (κ2) is 6.30. The molecule has 6 rings (SSSR count). The van der Waals surface area contributed by atoms with Crippen LogP contribution in [0.1, 0.15) is 0 Å². The zero-order valence-corrected chi connectivity index (χ0v) is 17.7. The first kappa shape index (κ1) is 16.5. The quantitative estimate of drug-likeness (QED) is 0.277. The highest BCUT2D eigenvalue weighted by Crippen LogP contribution is 2.50. The van der Waals surface area contributed by atoms with Gasteiger partial charge >= 0.3 is 5.81 Å². The van der Waals surface area contributed by atoms with Gasteiger partial charge in [0.05, 0.1) is 31.8 Å². The van der Waals surface area contributed by atoms with Crippen molar-refractivity contribution in [3.8, 4) is 0 Å². The van der Waals surface area contributed by atoms with E-state index in [1.54, 1.807) is 22.7 Å². The van der Waals surface area contributed by atoms with Crippen molar-refractivity contribution >= 4 is 86.3 Å². The van der Waals surface area contributed by atoms with E-state index in [1.165, 1.54) is 9.40 Å². The molecule has 1 aliphatic heterocycles. The average Bonchev–Trinajstić information content (AvgIpc) is 3.39. The minimum absolute atomic E-state index is 0.0916. The van der Waals surface area contributed by atoms with E-state index < -0.39 is 0 Å². The fourth-order valence-electron chi connectivity index (χ4n) is 3.53. The number of aromatic nitrogens is 2. The maximum absolute atomic E-state index is 4.89. The van der Waals surface area contributed by atoms with Crippen LogP contribution in [0, 0.1) is 0 Å². The van der Waals surface area contributed by atoms with Gasteiger partial charge in [-0.05, 0) is 36.4 Å². The number of anilines is 4. The molecule has 3 heterocycles. The second-order valence-corrected chi connectivity index (χ2v) is 9.30. The van der Waals surface area contributed by atoms with Crippen molar-refractivity contribution in [2.75, 3.05) is 9.62 Å². The summed E-state index contributed by atoms with van der Waals surface area (Å²) in [4.78, 5) is 14.3. The SMILES string of the molecule is BrB1N(c2nc3ccccc3s2)c2ccccc2N1c1nc2ccccc2s1. The van der Waals surface area contributed by atoms with Crippen LogP contribution in [-0.4, -0.2) is 15.8 Å². The van der Waals surface area contributed by atoms with E-state index in [2.05, 4.69) is 86.0 Å². The largest absolute Gasteiger partial charge is 0.468 e. The lowest BCUT2D eigenvalue weighted by Crippen LogP contribution is -2.38. The summed E-state index contributed by atoms with van der Waals surface area (Å²) >= 11 is 7.34. The van der Waals surface area contributed by atoms with E-state index in [-0.39, 0.29) is 5.81 Å². The average molecular weight is 463 g/mol. The molecule has 0 spiro atoms. The van der Waals surface area contributed by atoms with Crippen molar-refractivity contribution in [3.05, 3.63) is 72.8 Å². The Kier molecular flexibility index (Phi) is 3.72. The van der Waals surface area contributed by atoms with Crippen molar-refractivity contribution in [1.82, 2.24) is 9.97 Å². The van der Waals surface area contributed by atoms with Crippen LogP contribution in [0.3, 0.4) is 0 Å². The van der Waals surface area contributed by atoms with E-state index >= 15 is 0 Å². The number of rotatable bonds is 2. The number of nitrogens with zero attached hydrogens (tertiary/aromatic N) is 4. The summed E-state index contributed by atoms with van der Waals surface area (Å²) in [6.45, 7) is 0. The maximum atomic E-state index is 4.89. The molecule has 8 heteroatoms. The van der Waals surface area contributed by atoms with Crippen LogP contribution in [0.2, 0.25) is 0 Å².